The van der Waals surface area contributed by atoms with Crippen molar-refractivity contribution in [2.24, 2.45) is 5.73 Å². The van der Waals surface area contributed by atoms with E-state index >= 15 is 0 Å². The molecule has 0 radical (unpaired) electrons. The number of nitrogens with zero attached hydrogens (tertiary/aromatic N) is 1. The van der Waals surface area contributed by atoms with Gasteiger partial charge in [-0.2, -0.15) is 0 Å². The number of nitrogens with two attached hydrogens (primary N) is 1. The first-order chi connectivity index (χ1) is 9.74. The Labute approximate surface area is 122 Å². The molecule has 2 aromatic rings. The van der Waals surface area contributed by atoms with E-state index in [0.717, 1.165) is 37.0 Å². The summed E-state index contributed by atoms with van der Waals surface area (Å²) in [6.07, 6.45) is 1.85. The molecular formula is C15H16N2O2S. The molecular weight excluding hydrogens is 272 g/mol. The fraction of sp³-hybridized carbons (Fsp3) is 0.333. The van der Waals surface area contributed by atoms with Gasteiger partial charge >= 0.3 is 0 Å². The topological polar surface area (TPSA) is 57.4 Å². The van der Waals surface area contributed by atoms with Crippen LogP contribution in [0, 0.1) is 0 Å². The van der Waals surface area contributed by atoms with Gasteiger partial charge in [0.1, 0.15) is 11.1 Å². The Bertz CT molecular complexity index is 639. The Balaban J connectivity index is 1.98. The third kappa shape index (κ3) is 2.73. The highest BCUT2D eigenvalue weighted by molar-refractivity contribution is 7.80. The number of pyridine rings is 1. The van der Waals surface area contributed by atoms with Gasteiger partial charge in [-0.25, -0.2) is 4.98 Å². The van der Waals surface area contributed by atoms with Crippen molar-refractivity contribution in [1.82, 2.24) is 4.98 Å². The van der Waals surface area contributed by atoms with E-state index in [1.807, 2.05) is 30.3 Å². The van der Waals surface area contributed by atoms with E-state index in [-0.39, 0.29) is 6.10 Å². The van der Waals surface area contributed by atoms with E-state index in [4.69, 9.17) is 27.4 Å². The minimum Gasteiger partial charge on any atom is -0.474 e. The Hall–Kier alpha value is -1.72. The lowest BCUT2D eigenvalue weighted by Crippen LogP contribution is -2.27. The highest BCUT2D eigenvalue weighted by atomic mass is 32.1. The molecule has 0 saturated carbocycles. The molecule has 1 aromatic carbocycles. The predicted octanol–water partition coefficient (Wildman–Crippen LogP) is 2.43. The molecule has 1 saturated heterocycles. The molecule has 104 valence electrons. The molecule has 2 heterocycles. The molecule has 0 amide bonds. The van der Waals surface area contributed by atoms with E-state index in [2.05, 4.69) is 4.98 Å². The van der Waals surface area contributed by atoms with Crippen LogP contribution in [0.25, 0.3) is 10.9 Å². The molecule has 0 aliphatic carbocycles. The van der Waals surface area contributed by atoms with Crippen LogP contribution in [0.5, 0.6) is 5.88 Å². The van der Waals surface area contributed by atoms with Gasteiger partial charge in [0, 0.05) is 18.2 Å². The van der Waals surface area contributed by atoms with Crippen LogP contribution in [0.2, 0.25) is 0 Å². The Kier molecular flexibility index (Phi) is 3.80. The zero-order valence-electron chi connectivity index (χ0n) is 11.0. The van der Waals surface area contributed by atoms with Crippen molar-refractivity contribution in [2.75, 3.05) is 13.2 Å². The molecule has 1 fully saturated rings. The van der Waals surface area contributed by atoms with E-state index in [0.29, 0.717) is 16.4 Å². The summed E-state index contributed by atoms with van der Waals surface area (Å²) in [6.45, 7) is 1.45. The van der Waals surface area contributed by atoms with Gasteiger partial charge < -0.3 is 15.2 Å². The minimum atomic E-state index is 0.116. The number of thiocarbonyl (C=S) groups is 1. The first-order valence-corrected chi connectivity index (χ1v) is 7.09. The highest BCUT2D eigenvalue weighted by Gasteiger charge is 2.19. The summed E-state index contributed by atoms with van der Waals surface area (Å²) < 4.78 is 11.3. The molecule has 0 unspecified atom stereocenters. The van der Waals surface area contributed by atoms with Gasteiger partial charge in [-0.05, 0) is 12.1 Å². The largest absolute Gasteiger partial charge is 0.474 e. The lowest BCUT2D eigenvalue weighted by Gasteiger charge is -2.23. The summed E-state index contributed by atoms with van der Waals surface area (Å²) in [5.41, 5.74) is 7.38. The van der Waals surface area contributed by atoms with Gasteiger partial charge in [0.2, 0.25) is 5.88 Å². The minimum absolute atomic E-state index is 0.116. The van der Waals surface area contributed by atoms with Crippen molar-refractivity contribution >= 4 is 28.1 Å². The summed E-state index contributed by atoms with van der Waals surface area (Å²) in [6, 6.07) is 9.80. The van der Waals surface area contributed by atoms with Gasteiger partial charge in [-0.15, -0.1) is 0 Å². The molecule has 2 N–H and O–H groups in total. The molecule has 0 spiro atoms. The Morgan fingerprint density at radius 3 is 2.80 bits per heavy atom. The summed E-state index contributed by atoms with van der Waals surface area (Å²) in [4.78, 5) is 4.87. The average molecular weight is 288 g/mol. The third-order valence-electron chi connectivity index (χ3n) is 3.40. The van der Waals surface area contributed by atoms with E-state index < -0.39 is 0 Å². The Morgan fingerprint density at radius 1 is 1.30 bits per heavy atom. The van der Waals surface area contributed by atoms with E-state index in [1.165, 1.54) is 0 Å². The second kappa shape index (κ2) is 5.73. The SMILES string of the molecule is NC(=S)c1cc2ccccc2nc1OC1CCOCC1. The first kappa shape index (κ1) is 13.3. The average Bonchev–Trinajstić information content (AvgIpc) is 2.47. The van der Waals surface area contributed by atoms with E-state index in [9.17, 15) is 0 Å². The number of para-hydroxylation sites is 1. The van der Waals surface area contributed by atoms with Crippen molar-refractivity contribution in [2.45, 2.75) is 18.9 Å². The van der Waals surface area contributed by atoms with Crippen LogP contribution in [-0.2, 0) is 4.74 Å². The second-order valence-corrected chi connectivity index (χ2v) is 5.27. The van der Waals surface area contributed by atoms with Gasteiger partial charge in [0.15, 0.2) is 0 Å². The predicted molar refractivity (Wildman–Crippen MR) is 82.1 cm³/mol. The molecule has 20 heavy (non-hydrogen) atoms. The fourth-order valence-corrected chi connectivity index (χ4v) is 2.46. The number of hydrogen-bond donors (Lipinski definition) is 1. The van der Waals surface area contributed by atoms with Crippen LogP contribution < -0.4 is 10.5 Å². The maximum atomic E-state index is 6.00. The summed E-state index contributed by atoms with van der Waals surface area (Å²) in [5.74, 6) is 0.531. The third-order valence-corrected chi connectivity index (χ3v) is 3.62. The van der Waals surface area contributed by atoms with Crippen LogP contribution >= 0.6 is 12.2 Å². The molecule has 1 aliphatic rings. The Morgan fingerprint density at radius 2 is 2.05 bits per heavy atom. The molecule has 0 bridgehead atoms. The van der Waals surface area contributed by atoms with Gasteiger partial charge in [0.05, 0.1) is 24.3 Å². The normalized spacial score (nSPS) is 16.2. The van der Waals surface area contributed by atoms with Crippen LogP contribution in [0.15, 0.2) is 30.3 Å². The number of hydrogen-bond acceptors (Lipinski definition) is 4. The van der Waals surface area contributed by atoms with Gasteiger partial charge in [0.25, 0.3) is 0 Å². The zero-order chi connectivity index (χ0) is 13.9. The molecule has 5 heteroatoms. The number of benzene rings is 1. The van der Waals surface area contributed by atoms with Crippen molar-refractivity contribution < 1.29 is 9.47 Å². The molecule has 1 aliphatic heterocycles. The van der Waals surface area contributed by atoms with Crippen LogP contribution in [0.4, 0.5) is 0 Å². The summed E-state index contributed by atoms with van der Waals surface area (Å²) in [7, 11) is 0. The first-order valence-electron chi connectivity index (χ1n) is 6.68. The van der Waals surface area contributed by atoms with Crippen LogP contribution in [0.3, 0.4) is 0 Å². The van der Waals surface area contributed by atoms with Crippen molar-refractivity contribution in [3.63, 3.8) is 0 Å². The monoisotopic (exact) mass is 288 g/mol. The van der Waals surface area contributed by atoms with Crippen LogP contribution in [-0.4, -0.2) is 29.3 Å². The van der Waals surface area contributed by atoms with E-state index in [1.54, 1.807) is 0 Å². The van der Waals surface area contributed by atoms with Gasteiger partial charge in [-0.3, -0.25) is 0 Å². The number of fused-ring (bicyclic) bond motifs is 1. The standard InChI is InChI=1S/C15H16N2O2S/c16-14(20)12-9-10-3-1-2-4-13(10)17-15(12)19-11-5-7-18-8-6-11/h1-4,9,11H,5-8H2,(H2,16,20). The zero-order valence-corrected chi connectivity index (χ0v) is 11.9. The molecule has 3 rings (SSSR count). The quantitative estimate of drug-likeness (QED) is 0.879. The number of rotatable bonds is 3. The summed E-state index contributed by atoms with van der Waals surface area (Å²) in [5, 5.41) is 1.01. The van der Waals surface area contributed by atoms with Gasteiger partial charge in [-0.1, -0.05) is 30.4 Å². The van der Waals surface area contributed by atoms with Crippen LogP contribution in [0.1, 0.15) is 18.4 Å². The summed E-state index contributed by atoms with van der Waals surface area (Å²) >= 11 is 5.11. The second-order valence-electron chi connectivity index (χ2n) is 4.83. The fourth-order valence-electron chi connectivity index (χ4n) is 2.32. The molecule has 1 aromatic heterocycles. The maximum absolute atomic E-state index is 6.00. The molecule has 0 atom stereocenters. The smallest absolute Gasteiger partial charge is 0.224 e. The lowest BCUT2D eigenvalue weighted by atomic mass is 10.1. The number of ether oxygens (including phenoxy) is 2. The van der Waals surface area contributed by atoms with Crippen molar-refractivity contribution in [1.29, 1.82) is 0 Å². The highest BCUT2D eigenvalue weighted by Crippen LogP contribution is 2.25. The number of aromatic nitrogens is 1. The van der Waals surface area contributed by atoms with Crippen molar-refractivity contribution in [3.05, 3.63) is 35.9 Å². The maximum Gasteiger partial charge on any atom is 0.224 e. The van der Waals surface area contributed by atoms with Crippen molar-refractivity contribution in [3.8, 4) is 5.88 Å². The lowest BCUT2D eigenvalue weighted by molar-refractivity contribution is 0.0238. The molecule has 4 nitrogen and oxygen atoms in total.